The van der Waals surface area contributed by atoms with Gasteiger partial charge in [-0.2, -0.15) is 16.1 Å². The zero-order valence-corrected chi connectivity index (χ0v) is 15.9. The van der Waals surface area contributed by atoms with Crippen molar-refractivity contribution in [1.82, 2.24) is 20.2 Å². The van der Waals surface area contributed by atoms with Crippen LogP contribution in [0.3, 0.4) is 0 Å². The lowest BCUT2D eigenvalue weighted by Crippen LogP contribution is -2.20. The maximum absolute atomic E-state index is 12.2. The highest BCUT2D eigenvalue weighted by Crippen LogP contribution is 2.23. The topological polar surface area (TPSA) is 81.9 Å². The molecule has 0 radical (unpaired) electrons. The number of anilines is 1. The Labute approximate surface area is 165 Å². The van der Waals surface area contributed by atoms with E-state index in [1.165, 1.54) is 10.4 Å². The van der Waals surface area contributed by atoms with Crippen LogP contribution in [-0.4, -0.2) is 26.1 Å². The van der Waals surface area contributed by atoms with Crippen molar-refractivity contribution in [2.24, 2.45) is 0 Å². The summed E-state index contributed by atoms with van der Waals surface area (Å²) < 4.78 is 5.78. The van der Waals surface area contributed by atoms with Crippen molar-refractivity contribution >= 4 is 22.9 Å². The predicted molar refractivity (Wildman–Crippen MR) is 107 cm³/mol. The molecule has 1 amide bonds. The maximum Gasteiger partial charge on any atom is 0.248 e. The summed E-state index contributed by atoms with van der Waals surface area (Å²) in [6.45, 7) is 2.01. The number of carbonyl (C=O) groups excluding carboxylic acids is 1. The first-order valence-corrected chi connectivity index (χ1v) is 9.55. The van der Waals surface area contributed by atoms with Crippen LogP contribution in [0.5, 0.6) is 11.5 Å². The van der Waals surface area contributed by atoms with Gasteiger partial charge in [-0.25, -0.2) is 0 Å². The number of aryl methyl sites for hydroxylation is 1. The monoisotopic (exact) mass is 391 g/mol. The molecule has 0 aliphatic heterocycles. The van der Waals surface area contributed by atoms with E-state index in [1.807, 2.05) is 48.0 Å². The molecule has 1 N–H and O–H groups in total. The van der Waals surface area contributed by atoms with E-state index < -0.39 is 0 Å². The molecule has 0 unspecified atom stereocenters. The second-order valence-corrected chi connectivity index (χ2v) is 6.92. The summed E-state index contributed by atoms with van der Waals surface area (Å²) in [5.41, 5.74) is 2.73. The SMILES string of the molecule is Cc1ccc(Oc2ccc(NC(=O)Cn3nnc(-c4ccsc4)n3)cc2)cc1. The van der Waals surface area contributed by atoms with Gasteiger partial charge in [-0.1, -0.05) is 17.7 Å². The second kappa shape index (κ2) is 8.01. The van der Waals surface area contributed by atoms with Gasteiger partial charge in [-0.3, -0.25) is 4.79 Å². The molecule has 8 heteroatoms. The fraction of sp³-hybridized carbons (Fsp3) is 0.100. The molecule has 4 rings (SSSR count). The molecule has 0 aliphatic carbocycles. The Bertz CT molecular complexity index is 1060. The van der Waals surface area contributed by atoms with Crippen LogP contribution in [0.15, 0.2) is 65.4 Å². The largest absolute Gasteiger partial charge is 0.457 e. The summed E-state index contributed by atoms with van der Waals surface area (Å²) in [5, 5.41) is 18.8. The zero-order chi connectivity index (χ0) is 19.3. The van der Waals surface area contributed by atoms with E-state index in [4.69, 9.17) is 4.74 Å². The van der Waals surface area contributed by atoms with Crippen LogP contribution < -0.4 is 10.1 Å². The predicted octanol–water partition coefficient (Wildman–Crippen LogP) is 4.14. The molecule has 2 aromatic carbocycles. The minimum Gasteiger partial charge on any atom is -0.457 e. The van der Waals surface area contributed by atoms with E-state index >= 15 is 0 Å². The molecule has 0 saturated heterocycles. The standard InChI is InChI=1S/C20H17N5O2S/c1-14-2-6-17(7-3-14)27-18-8-4-16(5-9-18)21-19(26)12-25-23-20(22-24-25)15-10-11-28-13-15/h2-11,13H,12H2,1H3,(H,21,26). The third-order valence-corrected chi connectivity index (χ3v) is 4.60. The van der Waals surface area contributed by atoms with Crippen LogP contribution in [0.4, 0.5) is 5.69 Å². The summed E-state index contributed by atoms with van der Waals surface area (Å²) in [7, 11) is 0. The number of carbonyl (C=O) groups is 1. The van der Waals surface area contributed by atoms with Crippen molar-refractivity contribution in [2.45, 2.75) is 13.5 Å². The minimum atomic E-state index is -0.235. The van der Waals surface area contributed by atoms with E-state index in [1.54, 1.807) is 35.6 Å². The van der Waals surface area contributed by atoms with Gasteiger partial charge in [0, 0.05) is 16.6 Å². The summed E-state index contributed by atoms with van der Waals surface area (Å²) >= 11 is 1.55. The van der Waals surface area contributed by atoms with Gasteiger partial charge in [-0.05, 0) is 60.0 Å². The molecule has 0 fully saturated rings. The number of tetrazole rings is 1. The molecule has 28 heavy (non-hydrogen) atoms. The Hall–Kier alpha value is -3.52. The number of nitrogens with one attached hydrogen (secondary N) is 1. The third kappa shape index (κ3) is 4.41. The molecule has 2 aromatic heterocycles. The van der Waals surface area contributed by atoms with E-state index in [2.05, 4.69) is 20.7 Å². The van der Waals surface area contributed by atoms with Crippen molar-refractivity contribution in [1.29, 1.82) is 0 Å². The van der Waals surface area contributed by atoms with Gasteiger partial charge in [0.05, 0.1) is 0 Å². The molecular formula is C20H17N5O2S. The van der Waals surface area contributed by atoms with Gasteiger partial charge >= 0.3 is 0 Å². The Balaban J connectivity index is 1.33. The van der Waals surface area contributed by atoms with E-state index in [0.717, 1.165) is 11.3 Å². The van der Waals surface area contributed by atoms with Crippen molar-refractivity contribution in [2.75, 3.05) is 5.32 Å². The Morgan fingerprint density at radius 3 is 2.46 bits per heavy atom. The number of rotatable bonds is 6. The lowest BCUT2D eigenvalue weighted by atomic mass is 10.2. The average Bonchev–Trinajstić information content (AvgIpc) is 3.37. The van der Waals surface area contributed by atoms with Gasteiger partial charge in [0.2, 0.25) is 11.7 Å². The average molecular weight is 391 g/mol. The quantitative estimate of drug-likeness (QED) is 0.534. The highest BCUT2D eigenvalue weighted by molar-refractivity contribution is 7.08. The van der Waals surface area contributed by atoms with Crippen molar-refractivity contribution < 1.29 is 9.53 Å². The number of hydrogen-bond acceptors (Lipinski definition) is 6. The summed E-state index contributed by atoms with van der Waals surface area (Å²) in [5.74, 6) is 1.73. The fourth-order valence-electron chi connectivity index (χ4n) is 2.50. The van der Waals surface area contributed by atoms with Crippen molar-refractivity contribution in [3.8, 4) is 22.9 Å². The normalized spacial score (nSPS) is 10.6. The van der Waals surface area contributed by atoms with Crippen LogP contribution in [0, 0.1) is 6.92 Å². The number of amides is 1. The second-order valence-electron chi connectivity index (χ2n) is 6.14. The van der Waals surface area contributed by atoms with Gasteiger partial charge in [0.15, 0.2) is 0 Å². The number of ether oxygens (including phenoxy) is 1. The molecule has 4 aromatic rings. The lowest BCUT2D eigenvalue weighted by Gasteiger charge is -2.08. The van der Waals surface area contributed by atoms with E-state index in [0.29, 0.717) is 17.3 Å². The molecule has 2 heterocycles. The molecule has 0 spiro atoms. The molecule has 7 nitrogen and oxygen atoms in total. The molecule has 0 atom stereocenters. The van der Waals surface area contributed by atoms with Crippen molar-refractivity contribution in [3.05, 3.63) is 70.9 Å². The smallest absolute Gasteiger partial charge is 0.248 e. The first-order chi connectivity index (χ1) is 13.7. The van der Waals surface area contributed by atoms with E-state index in [-0.39, 0.29) is 12.5 Å². The highest BCUT2D eigenvalue weighted by Gasteiger charge is 2.10. The summed E-state index contributed by atoms with van der Waals surface area (Å²) in [6, 6.07) is 16.9. The van der Waals surface area contributed by atoms with Gasteiger partial charge < -0.3 is 10.1 Å². The van der Waals surface area contributed by atoms with Crippen molar-refractivity contribution in [3.63, 3.8) is 0 Å². The Morgan fingerprint density at radius 2 is 1.79 bits per heavy atom. The third-order valence-electron chi connectivity index (χ3n) is 3.91. The number of benzene rings is 2. The van der Waals surface area contributed by atoms with Crippen LogP contribution in [0.1, 0.15) is 5.56 Å². The van der Waals surface area contributed by atoms with E-state index in [9.17, 15) is 4.79 Å². The lowest BCUT2D eigenvalue weighted by molar-refractivity contribution is -0.117. The first kappa shape index (κ1) is 17.9. The zero-order valence-electron chi connectivity index (χ0n) is 15.1. The van der Waals surface area contributed by atoms with Gasteiger partial charge in [0.25, 0.3) is 0 Å². The summed E-state index contributed by atoms with van der Waals surface area (Å²) in [6.07, 6.45) is 0. The minimum absolute atomic E-state index is 0.0151. The van der Waals surface area contributed by atoms with Crippen LogP contribution in [0.25, 0.3) is 11.4 Å². The van der Waals surface area contributed by atoms with Crippen LogP contribution in [-0.2, 0) is 11.3 Å². The number of nitrogens with zero attached hydrogens (tertiary/aromatic N) is 4. The van der Waals surface area contributed by atoms with Gasteiger partial charge in [-0.15, -0.1) is 10.2 Å². The molecule has 140 valence electrons. The van der Waals surface area contributed by atoms with Crippen LogP contribution >= 0.6 is 11.3 Å². The highest BCUT2D eigenvalue weighted by atomic mass is 32.1. The van der Waals surface area contributed by atoms with Crippen LogP contribution in [0.2, 0.25) is 0 Å². The Morgan fingerprint density at radius 1 is 1.07 bits per heavy atom. The fourth-order valence-corrected chi connectivity index (χ4v) is 3.13. The van der Waals surface area contributed by atoms with Gasteiger partial charge in [0.1, 0.15) is 18.0 Å². The number of hydrogen-bond donors (Lipinski definition) is 1. The molecule has 0 saturated carbocycles. The summed E-state index contributed by atoms with van der Waals surface area (Å²) in [4.78, 5) is 13.5. The maximum atomic E-state index is 12.2. The first-order valence-electron chi connectivity index (χ1n) is 8.60. The molecule has 0 aliphatic rings. The number of thiophene rings is 1. The Kier molecular flexibility index (Phi) is 5.11. The molecule has 0 bridgehead atoms. The molecular weight excluding hydrogens is 374 g/mol. The number of aromatic nitrogens is 4.